The van der Waals surface area contributed by atoms with Gasteiger partial charge in [-0.3, -0.25) is 15.1 Å². The van der Waals surface area contributed by atoms with Gasteiger partial charge in [0.2, 0.25) is 0 Å². The molecule has 32 heavy (non-hydrogen) atoms. The van der Waals surface area contributed by atoms with E-state index in [0.717, 1.165) is 35.7 Å². The molecule has 1 N–H and O–H groups in total. The van der Waals surface area contributed by atoms with Gasteiger partial charge in [0, 0.05) is 53.5 Å². The second-order valence-corrected chi connectivity index (χ2v) is 8.72. The number of H-pyrrole nitrogens is 1. The van der Waals surface area contributed by atoms with Gasteiger partial charge in [-0.05, 0) is 67.0 Å². The van der Waals surface area contributed by atoms with Crippen LogP contribution in [0.1, 0.15) is 51.6 Å². The van der Waals surface area contributed by atoms with Crippen LogP contribution in [-0.2, 0) is 12.8 Å². The lowest BCUT2D eigenvalue weighted by atomic mass is 9.98. The number of nitrogens with one attached hydrogen (secondary N) is 1. The maximum absolute atomic E-state index is 4.33. The first-order valence-corrected chi connectivity index (χ1v) is 11.2. The Kier molecular flexibility index (Phi) is 9.80. The number of hydrogen-bond donors (Lipinski definition) is 1. The van der Waals surface area contributed by atoms with Crippen LogP contribution in [0.2, 0.25) is 0 Å². The molecule has 3 aromatic heterocycles. The second-order valence-electron chi connectivity index (χ2n) is 8.72. The maximum Gasteiger partial charge on any atom is 0.0490 e. The first-order valence-electron chi connectivity index (χ1n) is 11.2. The van der Waals surface area contributed by atoms with E-state index in [1.807, 2.05) is 38.5 Å². The van der Waals surface area contributed by atoms with Gasteiger partial charge in [-0.1, -0.05) is 52.0 Å². The van der Waals surface area contributed by atoms with Crippen LogP contribution in [0.4, 0.5) is 0 Å². The summed E-state index contributed by atoms with van der Waals surface area (Å²) in [5.74, 6) is 0.833. The molecule has 0 amide bonds. The third-order valence-corrected chi connectivity index (χ3v) is 4.51. The lowest BCUT2D eigenvalue weighted by Crippen LogP contribution is -1.89. The normalized spacial score (nSPS) is 10.2. The topological polar surface area (TPSA) is 54.5 Å². The zero-order chi connectivity index (χ0) is 23.5. The highest BCUT2D eigenvalue weighted by atomic mass is 15.1. The SMILES string of the molecule is C=C(C)Cc1ccn[nH]1.CC(C)C.CCc1ccncc1-c1ccc2cnc(C)cc2c1. The zero-order valence-electron chi connectivity index (χ0n) is 20.3. The van der Waals surface area contributed by atoms with Crippen LogP contribution in [0.3, 0.4) is 0 Å². The summed E-state index contributed by atoms with van der Waals surface area (Å²) in [7, 11) is 0. The fourth-order valence-corrected chi connectivity index (χ4v) is 3.12. The van der Waals surface area contributed by atoms with Crippen LogP contribution in [0.25, 0.3) is 21.9 Å². The number of pyridine rings is 2. The van der Waals surface area contributed by atoms with E-state index < -0.39 is 0 Å². The summed E-state index contributed by atoms with van der Waals surface area (Å²) in [6.45, 7) is 16.5. The summed E-state index contributed by atoms with van der Waals surface area (Å²) >= 11 is 0. The highest BCUT2D eigenvalue weighted by molar-refractivity contribution is 5.87. The molecule has 4 rings (SSSR count). The molecule has 0 bridgehead atoms. The van der Waals surface area contributed by atoms with E-state index in [4.69, 9.17) is 0 Å². The molecular formula is C28H36N4. The fraction of sp³-hybridized carbons (Fsp3) is 0.321. The van der Waals surface area contributed by atoms with Crippen LogP contribution in [0.15, 0.2) is 73.3 Å². The fourth-order valence-electron chi connectivity index (χ4n) is 3.12. The highest BCUT2D eigenvalue weighted by Gasteiger charge is 2.05. The predicted molar refractivity (Wildman–Crippen MR) is 137 cm³/mol. The number of fused-ring (bicyclic) bond motifs is 1. The minimum Gasteiger partial charge on any atom is -0.282 e. The Morgan fingerprint density at radius 2 is 1.75 bits per heavy atom. The van der Waals surface area contributed by atoms with Gasteiger partial charge in [-0.25, -0.2) is 0 Å². The molecule has 4 nitrogen and oxygen atoms in total. The molecule has 0 aliphatic rings. The summed E-state index contributed by atoms with van der Waals surface area (Å²) < 4.78 is 0. The third-order valence-electron chi connectivity index (χ3n) is 4.51. The lowest BCUT2D eigenvalue weighted by Gasteiger charge is -2.08. The average Bonchev–Trinajstić information content (AvgIpc) is 3.25. The molecule has 0 aliphatic heterocycles. The number of aryl methyl sites for hydroxylation is 2. The van der Waals surface area contributed by atoms with Gasteiger partial charge in [0.1, 0.15) is 0 Å². The molecular weight excluding hydrogens is 392 g/mol. The number of nitrogens with zero attached hydrogens (tertiary/aromatic N) is 3. The Balaban J connectivity index is 0.000000233. The monoisotopic (exact) mass is 428 g/mol. The number of allylic oxidation sites excluding steroid dienone is 1. The number of aromatic amines is 1. The van der Waals surface area contributed by atoms with Crippen molar-refractivity contribution in [2.75, 3.05) is 0 Å². The molecule has 0 spiro atoms. The van der Waals surface area contributed by atoms with Crippen LogP contribution < -0.4 is 0 Å². The van der Waals surface area contributed by atoms with Crippen molar-refractivity contribution in [1.29, 1.82) is 0 Å². The van der Waals surface area contributed by atoms with E-state index in [2.05, 4.69) is 84.8 Å². The molecule has 3 heterocycles. The number of aromatic nitrogens is 4. The van der Waals surface area contributed by atoms with E-state index in [1.54, 1.807) is 6.20 Å². The van der Waals surface area contributed by atoms with Crippen molar-refractivity contribution in [3.8, 4) is 11.1 Å². The molecule has 0 saturated carbocycles. The predicted octanol–water partition coefficient (Wildman–Crippen LogP) is 7.36. The van der Waals surface area contributed by atoms with Crippen molar-refractivity contribution in [1.82, 2.24) is 20.2 Å². The first-order chi connectivity index (χ1) is 15.3. The van der Waals surface area contributed by atoms with Crippen LogP contribution in [0, 0.1) is 12.8 Å². The molecule has 4 aromatic rings. The molecule has 168 valence electrons. The molecule has 0 fully saturated rings. The molecule has 0 saturated heterocycles. The lowest BCUT2D eigenvalue weighted by molar-refractivity contribution is 0.737. The Morgan fingerprint density at radius 1 is 1.00 bits per heavy atom. The summed E-state index contributed by atoms with van der Waals surface area (Å²) in [4.78, 5) is 8.59. The highest BCUT2D eigenvalue weighted by Crippen LogP contribution is 2.27. The van der Waals surface area contributed by atoms with Gasteiger partial charge >= 0.3 is 0 Å². The molecule has 4 heteroatoms. The quantitative estimate of drug-likeness (QED) is 0.345. The standard InChI is InChI=1S/C17H16N2.C7H10N2.C4H10/c1-3-13-6-7-18-11-17(13)14-4-5-15-10-19-12(2)8-16(15)9-14;1-6(2)5-7-3-4-8-9-7;1-4(2)3/h4-11H,3H2,1-2H3;3-4H,1,5H2,2H3,(H,8,9);4H,1-3H3. The van der Waals surface area contributed by atoms with E-state index >= 15 is 0 Å². The molecule has 0 aliphatic carbocycles. The Labute approximate surface area is 192 Å². The van der Waals surface area contributed by atoms with Gasteiger partial charge in [0.05, 0.1) is 0 Å². The summed E-state index contributed by atoms with van der Waals surface area (Å²) in [5.41, 5.74) is 7.11. The maximum atomic E-state index is 4.33. The second kappa shape index (κ2) is 12.6. The molecule has 0 atom stereocenters. The minimum atomic E-state index is 0.833. The van der Waals surface area contributed by atoms with Crippen LogP contribution >= 0.6 is 0 Å². The smallest absolute Gasteiger partial charge is 0.0490 e. The van der Waals surface area contributed by atoms with E-state index in [-0.39, 0.29) is 0 Å². The first kappa shape index (κ1) is 25.0. The van der Waals surface area contributed by atoms with Gasteiger partial charge in [-0.15, -0.1) is 0 Å². The van der Waals surface area contributed by atoms with Crippen LogP contribution in [-0.4, -0.2) is 20.2 Å². The number of rotatable bonds is 4. The van der Waals surface area contributed by atoms with Crippen molar-refractivity contribution in [3.05, 3.63) is 90.3 Å². The van der Waals surface area contributed by atoms with Gasteiger partial charge < -0.3 is 0 Å². The third kappa shape index (κ3) is 8.10. The average molecular weight is 429 g/mol. The van der Waals surface area contributed by atoms with Gasteiger partial charge in [-0.2, -0.15) is 5.10 Å². The van der Waals surface area contributed by atoms with Crippen molar-refractivity contribution in [2.24, 2.45) is 5.92 Å². The summed E-state index contributed by atoms with van der Waals surface area (Å²) in [5, 5.41) is 9.08. The van der Waals surface area contributed by atoms with E-state index in [9.17, 15) is 0 Å². The number of benzene rings is 1. The molecule has 0 unspecified atom stereocenters. The minimum absolute atomic E-state index is 0.833. The van der Waals surface area contributed by atoms with Crippen molar-refractivity contribution in [3.63, 3.8) is 0 Å². The van der Waals surface area contributed by atoms with Crippen molar-refractivity contribution < 1.29 is 0 Å². The van der Waals surface area contributed by atoms with Gasteiger partial charge in [0.25, 0.3) is 0 Å². The number of hydrogen-bond acceptors (Lipinski definition) is 3. The van der Waals surface area contributed by atoms with Crippen LogP contribution in [0.5, 0.6) is 0 Å². The Hall–Kier alpha value is -3.27. The molecule has 1 aromatic carbocycles. The Morgan fingerprint density at radius 3 is 2.38 bits per heavy atom. The Bertz CT molecular complexity index is 1110. The summed E-state index contributed by atoms with van der Waals surface area (Å²) in [6, 6.07) is 12.7. The van der Waals surface area contributed by atoms with Crippen molar-refractivity contribution >= 4 is 10.8 Å². The van der Waals surface area contributed by atoms with Crippen molar-refractivity contribution in [2.45, 2.75) is 54.4 Å². The zero-order valence-corrected chi connectivity index (χ0v) is 20.3. The van der Waals surface area contributed by atoms with Gasteiger partial charge in [0.15, 0.2) is 0 Å². The summed E-state index contributed by atoms with van der Waals surface area (Å²) in [6.07, 6.45) is 9.41. The largest absolute Gasteiger partial charge is 0.282 e. The molecule has 0 radical (unpaired) electrons. The van der Waals surface area contributed by atoms with E-state index in [1.165, 1.54) is 27.5 Å². The van der Waals surface area contributed by atoms with E-state index in [0.29, 0.717) is 0 Å².